The van der Waals surface area contributed by atoms with Crippen LogP contribution in [0.1, 0.15) is 0 Å². The molecule has 0 aliphatic carbocycles. The van der Waals surface area contributed by atoms with Crippen molar-refractivity contribution in [2.75, 3.05) is 0 Å². The number of rotatable bonds is 3. The van der Waals surface area contributed by atoms with E-state index in [-0.39, 0.29) is 87.1 Å². The third kappa shape index (κ3) is 25.0. The van der Waals surface area contributed by atoms with Crippen molar-refractivity contribution in [1.29, 1.82) is 0 Å². The van der Waals surface area contributed by atoms with Crippen LogP contribution in [0.25, 0.3) is 0 Å². The Labute approximate surface area is 140 Å². The zero-order chi connectivity index (χ0) is 8.41. The van der Waals surface area contributed by atoms with Gasteiger partial charge in [0.2, 0.25) is 0 Å². The molecule has 0 saturated heterocycles. The standard InChI is InChI=1S/K.H3N.Na.H2O8S2.2H/c;;;1-9(2,3)7-8-10(4,5)6;;/h;1H3;;(H,1,2,3)(H,4,5,6);;. The Balaban J connectivity index is -0.000000135. The third-order valence-electron chi connectivity index (χ3n) is 0.200. The second kappa shape index (κ2) is 9.55. The molecule has 74 valence electrons. The molecule has 0 aromatic heterocycles. The minimum absolute atomic E-state index is 0. The van der Waals surface area contributed by atoms with Crippen LogP contribution in [0.5, 0.6) is 0 Å². The van der Waals surface area contributed by atoms with Gasteiger partial charge in [0.15, 0.2) is 0 Å². The van der Waals surface area contributed by atoms with Gasteiger partial charge >= 0.3 is 102 Å². The quantitative estimate of drug-likeness (QED) is 0.217. The Morgan fingerprint density at radius 2 is 1.00 bits per heavy atom. The van der Waals surface area contributed by atoms with Crippen molar-refractivity contribution in [3.05, 3.63) is 0 Å². The molecule has 0 atom stereocenters. The molecule has 0 bridgehead atoms. The van der Waals surface area contributed by atoms with E-state index in [4.69, 9.17) is 9.11 Å². The molecular weight excluding hydrogens is 268 g/mol. The van der Waals surface area contributed by atoms with Crippen LogP contribution in [0.2, 0.25) is 0 Å². The Morgan fingerprint density at radius 1 is 0.846 bits per heavy atom. The molecule has 0 aromatic rings. The SMILES string of the molecule is N.O=S(=O)(O)OOS(=O)(=O)O.[KH].[NaH]. The molecule has 5 N–H and O–H groups in total. The van der Waals surface area contributed by atoms with Crippen LogP contribution >= 0.6 is 0 Å². The van der Waals surface area contributed by atoms with Gasteiger partial charge in [0, 0.05) is 0 Å². The second-order valence-electron chi connectivity index (χ2n) is 0.992. The Hall–Kier alpha value is 2.34. The summed E-state index contributed by atoms with van der Waals surface area (Å²) in [6.45, 7) is 0. The van der Waals surface area contributed by atoms with Gasteiger partial charge in [-0.1, -0.05) is 8.67 Å². The van der Waals surface area contributed by atoms with Crippen LogP contribution in [0.15, 0.2) is 0 Å². The van der Waals surface area contributed by atoms with Crippen molar-refractivity contribution in [3.8, 4) is 0 Å². The molecule has 0 fully saturated rings. The van der Waals surface area contributed by atoms with Crippen molar-refractivity contribution in [1.82, 2.24) is 6.15 Å². The average molecular weight is 275 g/mol. The van der Waals surface area contributed by atoms with Gasteiger partial charge in [-0.2, -0.15) is 16.8 Å². The fourth-order valence-corrected chi connectivity index (χ4v) is 0.632. The molecule has 13 heavy (non-hydrogen) atoms. The molecule has 0 saturated carbocycles. The van der Waals surface area contributed by atoms with Crippen LogP contribution in [-0.2, 0) is 29.5 Å². The molecule has 0 unspecified atom stereocenters. The summed E-state index contributed by atoms with van der Waals surface area (Å²) in [4.78, 5) is 0. The summed E-state index contributed by atoms with van der Waals surface area (Å²) in [5.41, 5.74) is 0. The first-order valence-electron chi connectivity index (χ1n) is 1.53. The molecule has 0 radical (unpaired) electrons. The Bertz CT molecular complexity index is 258. The number of hydrogen-bond acceptors (Lipinski definition) is 7. The zero-order valence-corrected chi connectivity index (χ0v) is 6.50. The van der Waals surface area contributed by atoms with Gasteiger partial charge in [-0.3, -0.25) is 9.11 Å². The fraction of sp³-hybridized carbons (Fsp3) is 0. The van der Waals surface area contributed by atoms with E-state index in [1.807, 2.05) is 0 Å². The monoisotopic (exact) mass is 275 g/mol. The van der Waals surface area contributed by atoms with E-state index < -0.39 is 20.8 Å². The minimum atomic E-state index is -5.02. The van der Waals surface area contributed by atoms with E-state index in [1.54, 1.807) is 0 Å². The fourth-order valence-electron chi connectivity index (χ4n) is 0.0702. The summed E-state index contributed by atoms with van der Waals surface area (Å²) in [5, 5.41) is 0. The maximum absolute atomic E-state index is 9.51. The average Bonchev–Trinajstić information content (AvgIpc) is 1.57. The van der Waals surface area contributed by atoms with E-state index in [9.17, 15) is 16.8 Å². The summed E-state index contributed by atoms with van der Waals surface area (Å²) in [6.07, 6.45) is 0. The second-order valence-corrected chi connectivity index (χ2v) is 2.97. The summed E-state index contributed by atoms with van der Waals surface area (Å²) in [5.74, 6) is 0. The van der Waals surface area contributed by atoms with Crippen LogP contribution in [0.4, 0.5) is 0 Å². The van der Waals surface area contributed by atoms with Gasteiger partial charge in [-0.05, 0) is 0 Å². The van der Waals surface area contributed by atoms with Crippen LogP contribution in [0.3, 0.4) is 0 Å². The molecule has 9 nitrogen and oxygen atoms in total. The summed E-state index contributed by atoms with van der Waals surface area (Å²) in [6, 6.07) is 0. The third-order valence-corrected chi connectivity index (χ3v) is 0.766. The molecule has 0 amide bonds. The van der Waals surface area contributed by atoms with E-state index in [0.717, 1.165) is 0 Å². The van der Waals surface area contributed by atoms with Crippen LogP contribution in [-0.4, -0.2) is 107 Å². The van der Waals surface area contributed by atoms with Gasteiger partial charge in [-0.25, -0.2) is 0 Å². The first kappa shape index (κ1) is 24.5. The van der Waals surface area contributed by atoms with Crippen molar-refractivity contribution in [3.63, 3.8) is 0 Å². The maximum atomic E-state index is 9.51. The number of hydrogen-bond donors (Lipinski definition) is 3. The zero-order valence-electron chi connectivity index (χ0n) is 4.87. The van der Waals surface area contributed by atoms with Crippen molar-refractivity contribution < 1.29 is 34.6 Å². The van der Waals surface area contributed by atoms with Gasteiger partial charge in [-0.15, -0.1) is 0 Å². The molecule has 0 aromatic carbocycles. The van der Waals surface area contributed by atoms with Crippen LogP contribution in [0, 0.1) is 0 Å². The summed E-state index contributed by atoms with van der Waals surface area (Å²) in [7, 11) is -10.0. The molecular formula is H7KNNaO8S2. The van der Waals surface area contributed by atoms with E-state index in [1.165, 1.54) is 0 Å². The topological polar surface area (TPSA) is 162 Å². The van der Waals surface area contributed by atoms with Gasteiger partial charge in [0.25, 0.3) is 0 Å². The van der Waals surface area contributed by atoms with E-state index in [2.05, 4.69) is 8.67 Å². The summed E-state index contributed by atoms with van der Waals surface area (Å²) < 4.78 is 58.9. The Morgan fingerprint density at radius 3 is 1.08 bits per heavy atom. The van der Waals surface area contributed by atoms with Gasteiger partial charge in [0.05, 0.1) is 0 Å². The Kier molecular flexibility index (Phi) is 18.0. The molecule has 0 aliphatic rings. The van der Waals surface area contributed by atoms with Crippen LogP contribution < -0.4 is 6.15 Å². The van der Waals surface area contributed by atoms with E-state index in [0.29, 0.717) is 0 Å². The molecule has 0 aliphatic heterocycles. The molecule has 13 heteroatoms. The van der Waals surface area contributed by atoms with Crippen molar-refractivity contribution >= 4 is 102 Å². The molecule has 0 heterocycles. The normalized spacial score (nSPS) is 10.3. The van der Waals surface area contributed by atoms with E-state index >= 15 is 0 Å². The first-order chi connectivity index (χ1) is 4.21. The summed E-state index contributed by atoms with van der Waals surface area (Å²) >= 11 is 0. The predicted molar refractivity (Wildman–Crippen MR) is 44.6 cm³/mol. The first-order valence-corrected chi connectivity index (χ1v) is 4.26. The molecule has 0 rings (SSSR count). The van der Waals surface area contributed by atoms with Crippen molar-refractivity contribution in [2.24, 2.45) is 0 Å². The van der Waals surface area contributed by atoms with Crippen molar-refractivity contribution in [2.45, 2.75) is 0 Å². The van der Waals surface area contributed by atoms with Gasteiger partial charge in [0.1, 0.15) is 0 Å². The van der Waals surface area contributed by atoms with Gasteiger partial charge < -0.3 is 6.15 Å². The predicted octanol–water partition coefficient (Wildman–Crippen LogP) is -2.59. The molecule has 0 spiro atoms.